The van der Waals surface area contributed by atoms with Crippen molar-refractivity contribution in [2.75, 3.05) is 45.1 Å². The number of benzene rings is 1. The maximum atomic E-state index is 13.1. The zero-order valence-electron chi connectivity index (χ0n) is 15.8. The molecule has 4 rings (SSSR count). The van der Waals surface area contributed by atoms with E-state index < -0.39 is 15.1 Å². The van der Waals surface area contributed by atoms with Gasteiger partial charge in [-0.15, -0.1) is 0 Å². The molecular formula is C20H28N2O4S. The first-order chi connectivity index (χ1) is 12.9. The van der Waals surface area contributed by atoms with Crippen LogP contribution in [0.25, 0.3) is 0 Å². The quantitative estimate of drug-likeness (QED) is 0.770. The highest BCUT2D eigenvalue weighted by molar-refractivity contribution is 7.92. The number of ether oxygens (including phenoxy) is 1. The van der Waals surface area contributed by atoms with E-state index in [2.05, 4.69) is 36.1 Å². The molecule has 3 heterocycles. The van der Waals surface area contributed by atoms with E-state index >= 15 is 0 Å². The molecular weight excluding hydrogens is 364 g/mol. The first kappa shape index (κ1) is 18.9. The number of hydrogen-bond acceptors (Lipinski definition) is 5. The molecule has 1 aromatic rings. The molecule has 0 aliphatic carbocycles. The lowest BCUT2D eigenvalue weighted by Gasteiger charge is -2.36. The number of aryl methyl sites for hydroxylation is 1. The number of sulfone groups is 1. The lowest BCUT2D eigenvalue weighted by Crippen LogP contribution is -2.50. The summed E-state index contributed by atoms with van der Waals surface area (Å²) in [6.45, 7) is 6.39. The second kappa shape index (κ2) is 7.53. The van der Waals surface area contributed by atoms with E-state index in [1.54, 1.807) is 0 Å². The van der Waals surface area contributed by atoms with Gasteiger partial charge in [0.25, 0.3) is 0 Å². The van der Waals surface area contributed by atoms with Crippen molar-refractivity contribution in [3.05, 3.63) is 35.4 Å². The van der Waals surface area contributed by atoms with Gasteiger partial charge in [0.2, 0.25) is 5.91 Å². The normalized spacial score (nSPS) is 30.9. The minimum absolute atomic E-state index is 0.0930. The zero-order valence-corrected chi connectivity index (χ0v) is 16.7. The number of amides is 1. The monoisotopic (exact) mass is 392 g/mol. The van der Waals surface area contributed by atoms with Crippen molar-refractivity contribution in [1.82, 2.24) is 9.80 Å². The Morgan fingerprint density at radius 3 is 2.56 bits per heavy atom. The van der Waals surface area contributed by atoms with Crippen molar-refractivity contribution in [3.63, 3.8) is 0 Å². The summed E-state index contributed by atoms with van der Waals surface area (Å²) < 4.78 is 30.7. The highest BCUT2D eigenvalue weighted by Gasteiger charge is 2.51. The molecule has 1 aromatic carbocycles. The van der Waals surface area contributed by atoms with Gasteiger partial charge in [0, 0.05) is 44.6 Å². The van der Waals surface area contributed by atoms with Crippen LogP contribution < -0.4 is 0 Å². The van der Waals surface area contributed by atoms with E-state index in [1.807, 2.05) is 4.90 Å². The second-order valence-electron chi connectivity index (χ2n) is 8.08. The van der Waals surface area contributed by atoms with E-state index in [9.17, 15) is 13.2 Å². The number of likely N-dealkylation sites (tertiary alicyclic amines) is 1. The summed E-state index contributed by atoms with van der Waals surface area (Å²) >= 11 is 0. The largest absolute Gasteiger partial charge is 0.378 e. The molecule has 0 bridgehead atoms. The van der Waals surface area contributed by atoms with Gasteiger partial charge in [-0.05, 0) is 18.9 Å². The Kier molecular flexibility index (Phi) is 5.27. The number of morpholine rings is 1. The van der Waals surface area contributed by atoms with Crippen molar-refractivity contribution in [1.29, 1.82) is 0 Å². The fourth-order valence-electron chi connectivity index (χ4n) is 4.71. The molecule has 3 fully saturated rings. The summed E-state index contributed by atoms with van der Waals surface area (Å²) in [7, 11) is -3.13. The van der Waals surface area contributed by atoms with E-state index in [0.717, 1.165) is 6.54 Å². The third-order valence-electron chi connectivity index (χ3n) is 6.24. The van der Waals surface area contributed by atoms with Gasteiger partial charge in [-0.2, -0.15) is 0 Å². The molecule has 27 heavy (non-hydrogen) atoms. The molecule has 1 amide bonds. The number of hydrogen-bond donors (Lipinski definition) is 0. The van der Waals surface area contributed by atoms with Crippen molar-refractivity contribution < 1.29 is 17.9 Å². The number of fused-ring (bicyclic) bond motifs is 1. The third kappa shape index (κ3) is 3.91. The van der Waals surface area contributed by atoms with Gasteiger partial charge >= 0.3 is 0 Å². The van der Waals surface area contributed by atoms with E-state index in [4.69, 9.17) is 4.74 Å². The highest BCUT2D eigenvalue weighted by atomic mass is 32.2. The Bertz CT molecular complexity index is 787. The average molecular weight is 393 g/mol. The van der Waals surface area contributed by atoms with Crippen LogP contribution in [-0.2, 0) is 25.9 Å². The lowest BCUT2D eigenvalue weighted by molar-refractivity contribution is -0.141. The SMILES string of the molecule is Cc1ccc(CN2C[C@H]3[C@H](C(=O)N4CCOCC4)CCS(=O)(=O)[C@H]3C2)cc1. The van der Waals surface area contributed by atoms with Crippen molar-refractivity contribution >= 4 is 15.7 Å². The molecule has 0 aromatic heterocycles. The summed E-state index contributed by atoms with van der Waals surface area (Å²) in [6.07, 6.45) is 0.456. The first-order valence-electron chi connectivity index (χ1n) is 9.80. The fraction of sp³-hybridized carbons (Fsp3) is 0.650. The lowest BCUT2D eigenvalue weighted by atomic mass is 9.87. The predicted molar refractivity (Wildman–Crippen MR) is 103 cm³/mol. The van der Waals surface area contributed by atoms with E-state index in [0.29, 0.717) is 45.8 Å². The molecule has 3 saturated heterocycles. The molecule has 6 nitrogen and oxygen atoms in total. The molecule has 3 aliphatic heterocycles. The van der Waals surface area contributed by atoms with Crippen molar-refractivity contribution in [2.45, 2.75) is 25.1 Å². The van der Waals surface area contributed by atoms with Crippen LogP contribution in [0.5, 0.6) is 0 Å². The molecule has 7 heteroatoms. The molecule has 3 atom stereocenters. The van der Waals surface area contributed by atoms with E-state index in [1.165, 1.54) is 11.1 Å². The van der Waals surface area contributed by atoms with Gasteiger partial charge in [-0.1, -0.05) is 29.8 Å². The standard InChI is InChI=1S/C20H28N2O4S/c1-15-2-4-16(5-3-15)12-21-13-18-17(6-11-27(24,25)19(18)14-21)20(23)22-7-9-26-10-8-22/h2-5,17-19H,6-14H2,1H3/t17-,18+,19+/m1/s1. The molecule has 3 aliphatic rings. The van der Waals surface area contributed by atoms with Gasteiger partial charge < -0.3 is 9.64 Å². The minimum Gasteiger partial charge on any atom is -0.378 e. The zero-order chi connectivity index (χ0) is 19.0. The van der Waals surface area contributed by atoms with Crippen LogP contribution in [0.4, 0.5) is 0 Å². The molecule has 0 saturated carbocycles. The number of carbonyl (C=O) groups is 1. The van der Waals surface area contributed by atoms with Gasteiger partial charge in [0.05, 0.1) is 24.2 Å². The van der Waals surface area contributed by atoms with Crippen LogP contribution in [0.1, 0.15) is 17.5 Å². The summed E-state index contributed by atoms with van der Waals surface area (Å²) in [6, 6.07) is 8.37. The Morgan fingerprint density at radius 1 is 1.15 bits per heavy atom. The summed E-state index contributed by atoms with van der Waals surface area (Å²) in [5, 5.41) is -0.410. The Balaban J connectivity index is 1.50. The van der Waals surface area contributed by atoms with Gasteiger partial charge in [-0.3, -0.25) is 9.69 Å². The summed E-state index contributed by atoms with van der Waals surface area (Å²) in [5.74, 6) is -0.0163. The fourth-order valence-corrected chi connectivity index (χ4v) is 6.84. The van der Waals surface area contributed by atoms with Crippen LogP contribution in [-0.4, -0.2) is 74.5 Å². The van der Waals surface area contributed by atoms with Crippen molar-refractivity contribution in [2.24, 2.45) is 11.8 Å². The summed E-state index contributed by atoms with van der Waals surface area (Å²) in [5.41, 5.74) is 2.40. The molecule has 0 N–H and O–H groups in total. The van der Waals surface area contributed by atoms with Crippen LogP contribution >= 0.6 is 0 Å². The van der Waals surface area contributed by atoms with Crippen LogP contribution in [0, 0.1) is 18.8 Å². The molecule has 0 spiro atoms. The highest BCUT2D eigenvalue weighted by Crippen LogP contribution is 2.38. The molecule has 148 valence electrons. The topological polar surface area (TPSA) is 66.9 Å². The smallest absolute Gasteiger partial charge is 0.226 e. The maximum Gasteiger partial charge on any atom is 0.226 e. The average Bonchev–Trinajstić information content (AvgIpc) is 3.09. The second-order valence-corrected chi connectivity index (χ2v) is 10.4. The predicted octanol–water partition coefficient (Wildman–Crippen LogP) is 1.09. The molecule has 0 radical (unpaired) electrons. The number of carbonyl (C=O) groups excluding carboxylic acids is 1. The van der Waals surface area contributed by atoms with Gasteiger partial charge in [0.1, 0.15) is 0 Å². The number of nitrogens with zero attached hydrogens (tertiary/aromatic N) is 2. The van der Waals surface area contributed by atoms with Crippen LogP contribution in [0.2, 0.25) is 0 Å². The van der Waals surface area contributed by atoms with Gasteiger partial charge in [-0.25, -0.2) is 8.42 Å². The minimum atomic E-state index is -3.13. The molecule has 0 unspecified atom stereocenters. The Labute approximate surface area is 161 Å². The Morgan fingerprint density at radius 2 is 1.85 bits per heavy atom. The summed E-state index contributed by atoms with van der Waals surface area (Å²) in [4.78, 5) is 17.1. The first-order valence-corrected chi connectivity index (χ1v) is 11.5. The van der Waals surface area contributed by atoms with Crippen LogP contribution in [0.3, 0.4) is 0 Å². The Hall–Kier alpha value is -1.44. The van der Waals surface area contributed by atoms with Gasteiger partial charge in [0.15, 0.2) is 9.84 Å². The van der Waals surface area contributed by atoms with Crippen molar-refractivity contribution in [3.8, 4) is 0 Å². The van der Waals surface area contributed by atoms with E-state index in [-0.39, 0.29) is 23.5 Å². The number of rotatable bonds is 3. The maximum absolute atomic E-state index is 13.1. The third-order valence-corrected chi connectivity index (χ3v) is 8.47. The van der Waals surface area contributed by atoms with Crippen LogP contribution in [0.15, 0.2) is 24.3 Å².